The topological polar surface area (TPSA) is 55.8 Å². The number of carboxylic acid groups (broad SMARTS) is 1. The first-order valence-corrected chi connectivity index (χ1v) is 6.17. The highest BCUT2D eigenvalue weighted by molar-refractivity contribution is 5.67. The third-order valence-electron chi connectivity index (χ3n) is 4.36. The van der Waals surface area contributed by atoms with Crippen LogP contribution in [0.2, 0.25) is 0 Å². The van der Waals surface area contributed by atoms with E-state index in [0.29, 0.717) is 24.2 Å². The molecule has 1 heterocycles. The molecule has 1 spiro atoms. The van der Waals surface area contributed by atoms with Gasteiger partial charge in [0, 0.05) is 19.3 Å². The van der Waals surface area contributed by atoms with E-state index < -0.39 is 5.97 Å². The Labute approximate surface area is 94.9 Å². The Kier molecular flexibility index (Phi) is 2.44. The van der Waals surface area contributed by atoms with E-state index in [4.69, 9.17) is 14.6 Å². The van der Waals surface area contributed by atoms with Gasteiger partial charge in [-0.2, -0.15) is 0 Å². The predicted molar refractivity (Wildman–Crippen MR) is 55.8 cm³/mol. The molecule has 1 unspecified atom stereocenters. The fourth-order valence-electron chi connectivity index (χ4n) is 3.87. The minimum Gasteiger partial charge on any atom is -0.481 e. The highest BCUT2D eigenvalue weighted by Gasteiger charge is 2.52. The molecule has 3 atom stereocenters. The Morgan fingerprint density at radius 1 is 1.19 bits per heavy atom. The zero-order chi connectivity index (χ0) is 11.2. The summed E-state index contributed by atoms with van der Waals surface area (Å²) in [5.74, 6) is 0.688. The highest BCUT2D eigenvalue weighted by atomic mass is 16.7. The average Bonchev–Trinajstić information content (AvgIpc) is 2.81. The third kappa shape index (κ3) is 1.74. The molecular weight excluding hydrogens is 208 g/mol. The summed E-state index contributed by atoms with van der Waals surface area (Å²) in [5.41, 5.74) is 0. The Hall–Kier alpha value is -0.610. The van der Waals surface area contributed by atoms with Crippen molar-refractivity contribution in [3.63, 3.8) is 0 Å². The normalized spacial score (nSPS) is 40.4. The van der Waals surface area contributed by atoms with Gasteiger partial charge < -0.3 is 14.6 Å². The van der Waals surface area contributed by atoms with Crippen molar-refractivity contribution in [2.75, 3.05) is 13.2 Å². The van der Waals surface area contributed by atoms with Gasteiger partial charge in [-0.05, 0) is 30.6 Å². The number of hydrogen-bond acceptors (Lipinski definition) is 3. The van der Waals surface area contributed by atoms with Gasteiger partial charge in [0.15, 0.2) is 5.79 Å². The molecule has 3 fully saturated rings. The molecule has 0 aromatic carbocycles. The largest absolute Gasteiger partial charge is 0.481 e. The van der Waals surface area contributed by atoms with Crippen LogP contribution < -0.4 is 0 Å². The van der Waals surface area contributed by atoms with Crippen LogP contribution in [-0.4, -0.2) is 30.1 Å². The van der Waals surface area contributed by atoms with Crippen molar-refractivity contribution < 1.29 is 19.4 Å². The Balaban J connectivity index is 1.60. The van der Waals surface area contributed by atoms with E-state index in [9.17, 15) is 4.79 Å². The van der Waals surface area contributed by atoms with Gasteiger partial charge in [-0.15, -0.1) is 0 Å². The highest BCUT2D eigenvalue weighted by Crippen LogP contribution is 2.54. The first-order valence-electron chi connectivity index (χ1n) is 6.17. The van der Waals surface area contributed by atoms with E-state index in [1.54, 1.807) is 0 Å². The zero-order valence-electron chi connectivity index (χ0n) is 9.35. The Morgan fingerprint density at radius 3 is 2.25 bits per heavy atom. The molecule has 90 valence electrons. The summed E-state index contributed by atoms with van der Waals surface area (Å²) in [6.45, 7) is 1.44. The van der Waals surface area contributed by atoms with Crippen LogP contribution in [0.4, 0.5) is 0 Å². The van der Waals surface area contributed by atoms with E-state index in [2.05, 4.69) is 0 Å². The maximum Gasteiger partial charge on any atom is 0.303 e. The van der Waals surface area contributed by atoms with Crippen LogP contribution in [0.3, 0.4) is 0 Å². The van der Waals surface area contributed by atoms with Crippen LogP contribution in [0.5, 0.6) is 0 Å². The second-order valence-corrected chi connectivity index (χ2v) is 5.47. The maximum atomic E-state index is 10.7. The van der Waals surface area contributed by atoms with Crippen molar-refractivity contribution in [1.29, 1.82) is 0 Å². The summed E-state index contributed by atoms with van der Waals surface area (Å²) in [6.07, 6.45) is 4.39. The number of carbonyl (C=O) groups is 1. The number of fused-ring (bicyclic) bond motifs is 1. The number of aliphatic carboxylic acids is 1. The summed E-state index contributed by atoms with van der Waals surface area (Å²) in [6, 6.07) is 0. The van der Waals surface area contributed by atoms with Crippen LogP contribution in [-0.2, 0) is 14.3 Å². The number of rotatable bonds is 2. The quantitative estimate of drug-likeness (QED) is 0.777. The van der Waals surface area contributed by atoms with E-state index >= 15 is 0 Å². The number of ether oxygens (including phenoxy) is 2. The van der Waals surface area contributed by atoms with Gasteiger partial charge in [-0.25, -0.2) is 0 Å². The second-order valence-electron chi connectivity index (χ2n) is 5.47. The molecule has 0 amide bonds. The third-order valence-corrected chi connectivity index (χ3v) is 4.36. The summed E-state index contributed by atoms with van der Waals surface area (Å²) >= 11 is 0. The molecule has 4 nitrogen and oxygen atoms in total. The predicted octanol–water partition coefficient (Wildman–Crippen LogP) is 1.64. The summed E-state index contributed by atoms with van der Waals surface area (Å²) in [7, 11) is 0. The van der Waals surface area contributed by atoms with Gasteiger partial charge in [0.2, 0.25) is 0 Å². The molecular formula is C12H18O4. The monoisotopic (exact) mass is 226 g/mol. The van der Waals surface area contributed by atoms with E-state index in [0.717, 1.165) is 38.9 Å². The van der Waals surface area contributed by atoms with Crippen molar-refractivity contribution in [2.45, 2.75) is 37.9 Å². The fourth-order valence-corrected chi connectivity index (χ4v) is 3.87. The molecule has 3 rings (SSSR count). The average molecular weight is 226 g/mol. The maximum absolute atomic E-state index is 10.7. The minimum atomic E-state index is -0.659. The fraction of sp³-hybridized carbons (Fsp3) is 0.917. The van der Waals surface area contributed by atoms with Gasteiger partial charge >= 0.3 is 5.97 Å². The molecule has 0 aromatic rings. The molecule has 0 aromatic heterocycles. The zero-order valence-corrected chi connectivity index (χ0v) is 9.35. The lowest BCUT2D eigenvalue weighted by Crippen LogP contribution is -2.27. The van der Waals surface area contributed by atoms with Crippen LogP contribution >= 0.6 is 0 Å². The molecule has 3 aliphatic rings. The molecule has 2 saturated carbocycles. The van der Waals surface area contributed by atoms with E-state index in [-0.39, 0.29) is 5.79 Å². The summed E-state index contributed by atoms with van der Waals surface area (Å²) in [4.78, 5) is 10.7. The molecule has 0 radical (unpaired) electrons. The van der Waals surface area contributed by atoms with E-state index in [1.165, 1.54) is 0 Å². The molecule has 0 bridgehead atoms. The van der Waals surface area contributed by atoms with Gasteiger partial charge in [0.25, 0.3) is 0 Å². The van der Waals surface area contributed by atoms with Crippen molar-refractivity contribution in [1.82, 2.24) is 0 Å². The minimum absolute atomic E-state index is 0.288. The van der Waals surface area contributed by atoms with Crippen molar-refractivity contribution >= 4 is 5.97 Å². The summed E-state index contributed by atoms with van der Waals surface area (Å²) in [5, 5.41) is 8.79. The van der Waals surface area contributed by atoms with Crippen molar-refractivity contribution in [3.05, 3.63) is 0 Å². The molecule has 1 N–H and O–H groups in total. The Bertz CT molecular complexity index is 279. The van der Waals surface area contributed by atoms with Gasteiger partial charge in [0.1, 0.15) is 0 Å². The second kappa shape index (κ2) is 3.70. The van der Waals surface area contributed by atoms with Crippen LogP contribution in [0, 0.1) is 17.8 Å². The lowest BCUT2D eigenvalue weighted by atomic mass is 9.98. The first kappa shape index (κ1) is 10.5. The van der Waals surface area contributed by atoms with Crippen molar-refractivity contribution in [3.8, 4) is 0 Å². The van der Waals surface area contributed by atoms with Crippen LogP contribution in [0.15, 0.2) is 0 Å². The lowest BCUT2D eigenvalue weighted by molar-refractivity contribution is -0.156. The van der Waals surface area contributed by atoms with Crippen LogP contribution in [0.25, 0.3) is 0 Å². The molecule has 16 heavy (non-hydrogen) atoms. The number of hydrogen-bond donors (Lipinski definition) is 1. The van der Waals surface area contributed by atoms with E-state index in [1.807, 2.05) is 0 Å². The Morgan fingerprint density at radius 2 is 1.75 bits per heavy atom. The van der Waals surface area contributed by atoms with Gasteiger partial charge in [-0.1, -0.05) is 0 Å². The van der Waals surface area contributed by atoms with Gasteiger partial charge in [-0.3, -0.25) is 4.79 Å². The molecule has 2 aliphatic carbocycles. The molecule has 1 aliphatic heterocycles. The SMILES string of the molecule is O=C(O)CC1C[C@@H]2CC3(C[C@@H]2C1)OCCO3. The molecule has 4 heteroatoms. The number of carboxylic acids is 1. The summed E-state index contributed by atoms with van der Waals surface area (Å²) < 4.78 is 11.4. The van der Waals surface area contributed by atoms with Crippen molar-refractivity contribution in [2.24, 2.45) is 17.8 Å². The standard InChI is InChI=1S/C12H18O4/c13-11(14)5-8-3-9-6-12(7-10(9)4-8)15-1-2-16-12/h8-10H,1-7H2,(H,13,14)/t8?,9-,10+. The molecule has 1 saturated heterocycles. The van der Waals surface area contributed by atoms with Crippen LogP contribution in [0.1, 0.15) is 32.1 Å². The first-order chi connectivity index (χ1) is 7.67. The lowest BCUT2D eigenvalue weighted by Gasteiger charge is -2.23. The smallest absolute Gasteiger partial charge is 0.303 e. The van der Waals surface area contributed by atoms with Gasteiger partial charge in [0.05, 0.1) is 13.2 Å².